The van der Waals surface area contributed by atoms with E-state index in [1.54, 1.807) is 20.8 Å². The Morgan fingerprint density at radius 2 is 1.87 bits per heavy atom. The Hall–Kier alpha value is -2.28. The van der Waals surface area contributed by atoms with Gasteiger partial charge in [0.05, 0.1) is 12.1 Å². The highest BCUT2D eigenvalue weighted by molar-refractivity contribution is 7.16. The van der Waals surface area contributed by atoms with Gasteiger partial charge in [-0.25, -0.2) is 9.37 Å². The summed E-state index contributed by atoms with van der Waals surface area (Å²) < 4.78 is 13.1. The molecule has 2 aromatic rings. The van der Waals surface area contributed by atoms with Crippen molar-refractivity contribution in [1.29, 1.82) is 0 Å². The summed E-state index contributed by atoms with van der Waals surface area (Å²) in [7, 11) is 0. The van der Waals surface area contributed by atoms with E-state index in [1.165, 1.54) is 24.3 Å². The molecular weight excluding hydrogens is 319 g/mol. The molecule has 1 aromatic heterocycles. The van der Waals surface area contributed by atoms with Crippen molar-refractivity contribution in [2.24, 2.45) is 5.41 Å². The molecule has 0 spiro atoms. The maximum absolute atomic E-state index is 13.1. The average Bonchev–Trinajstić information content (AvgIpc) is 2.80. The predicted octanol–water partition coefficient (Wildman–Crippen LogP) is 3.56. The van der Waals surface area contributed by atoms with E-state index in [4.69, 9.17) is 5.11 Å². The van der Waals surface area contributed by atoms with Crippen LogP contribution < -0.4 is 5.32 Å². The molecule has 0 radical (unpaired) electrons. The quantitative estimate of drug-likeness (QED) is 0.895. The normalized spacial score (nSPS) is 11.3. The monoisotopic (exact) mass is 336 g/mol. The second-order valence-corrected chi connectivity index (χ2v) is 7.16. The van der Waals surface area contributed by atoms with E-state index in [2.05, 4.69) is 10.3 Å². The van der Waals surface area contributed by atoms with Crippen LogP contribution in [0, 0.1) is 11.2 Å². The minimum atomic E-state index is -0.995. The van der Waals surface area contributed by atoms with Crippen molar-refractivity contribution in [1.82, 2.24) is 4.98 Å². The van der Waals surface area contributed by atoms with E-state index in [0.29, 0.717) is 21.3 Å². The van der Waals surface area contributed by atoms with Crippen molar-refractivity contribution in [3.63, 3.8) is 0 Å². The summed E-state index contributed by atoms with van der Waals surface area (Å²) in [5.41, 5.74) is 0.464. The number of anilines is 1. The van der Waals surface area contributed by atoms with E-state index in [9.17, 15) is 14.0 Å². The van der Waals surface area contributed by atoms with Crippen molar-refractivity contribution >= 4 is 28.3 Å². The number of hydrogen-bond acceptors (Lipinski definition) is 4. The van der Waals surface area contributed by atoms with Gasteiger partial charge in [-0.2, -0.15) is 0 Å². The highest BCUT2D eigenvalue weighted by Gasteiger charge is 2.24. The lowest BCUT2D eigenvalue weighted by Crippen LogP contribution is -2.27. The van der Waals surface area contributed by atoms with Crippen LogP contribution in [0.1, 0.15) is 25.6 Å². The van der Waals surface area contributed by atoms with Gasteiger partial charge in [-0.3, -0.25) is 9.59 Å². The first-order valence-corrected chi connectivity index (χ1v) is 7.77. The highest BCUT2D eigenvalue weighted by Crippen LogP contribution is 2.32. The molecule has 23 heavy (non-hydrogen) atoms. The topological polar surface area (TPSA) is 79.3 Å². The second-order valence-electron chi connectivity index (χ2n) is 6.07. The van der Waals surface area contributed by atoms with Crippen LogP contribution in [0.2, 0.25) is 0 Å². The Balaban J connectivity index is 2.38. The third-order valence-electron chi connectivity index (χ3n) is 3.03. The lowest BCUT2D eigenvalue weighted by atomic mass is 9.96. The molecule has 1 amide bonds. The average molecular weight is 336 g/mol. The lowest BCUT2D eigenvalue weighted by molar-refractivity contribution is -0.136. The number of rotatable bonds is 4. The van der Waals surface area contributed by atoms with Gasteiger partial charge in [-0.1, -0.05) is 20.8 Å². The summed E-state index contributed by atoms with van der Waals surface area (Å²) in [6.07, 6.45) is -0.213. The van der Waals surface area contributed by atoms with Gasteiger partial charge in [-0.15, -0.1) is 11.3 Å². The molecule has 0 saturated heterocycles. The molecule has 1 heterocycles. The number of aromatic nitrogens is 1. The van der Waals surface area contributed by atoms with Gasteiger partial charge in [0, 0.05) is 15.9 Å². The first kappa shape index (κ1) is 17.1. The Morgan fingerprint density at radius 3 is 2.39 bits per heavy atom. The maximum Gasteiger partial charge on any atom is 0.308 e. The molecule has 7 heteroatoms. The van der Waals surface area contributed by atoms with Gasteiger partial charge in [-0.05, 0) is 24.3 Å². The smallest absolute Gasteiger partial charge is 0.308 e. The van der Waals surface area contributed by atoms with E-state index >= 15 is 0 Å². The van der Waals surface area contributed by atoms with E-state index in [0.717, 1.165) is 11.3 Å². The van der Waals surface area contributed by atoms with Crippen LogP contribution in [0.3, 0.4) is 0 Å². The van der Waals surface area contributed by atoms with Crippen LogP contribution in [-0.2, 0) is 16.0 Å². The number of carbonyl (C=O) groups excluding carboxylic acids is 1. The summed E-state index contributed by atoms with van der Waals surface area (Å²) in [5.74, 6) is -1.59. The third-order valence-corrected chi connectivity index (χ3v) is 4.00. The highest BCUT2D eigenvalue weighted by atomic mass is 32.1. The number of carboxylic acids is 1. The van der Waals surface area contributed by atoms with Gasteiger partial charge in [0.2, 0.25) is 5.91 Å². The minimum Gasteiger partial charge on any atom is -0.481 e. The van der Waals surface area contributed by atoms with Crippen LogP contribution in [0.25, 0.3) is 11.3 Å². The van der Waals surface area contributed by atoms with E-state index in [-0.39, 0.29) is 18.1 Å². The number of nitrogens with one attached hydrogen (secondary N) is 1. The van der Waals surface area contributed by atoms with Crippen molar-refractivity contribution in [3.05, 3.63) is 35.0 Å². The SMILES string of the molecule is CC(C)(C)C(=O)Nc1nc(-c2ccc(F)cc2)c(CC(=O)O)s1. The first-order chi connectivity index (χ1) is 10.7. The molecule has 0 unspecified atom stereocenters. The van der Waals surface area contributed by atoms with Gasteiger partial charge in [0.15, 0.2) is 5.13 Å². The van der Waals surface area contributed by atoms with E-state index in [1.807, 2.05) is 0 Å². The Labute approximate surface area is 137 Å². The summed E-state index contributed by atoms with van der Waals surface area (Å²) in [6.45, 7) is 5.32. The molecule has 5 nitrogen and oxygen atoms in total. The summed E-state index contributed by atoms with van der Waals surface area (Å²) in [4.78, 5) is 27.9. The third kappa shape index (κ3) is 4.35. The number of aliphatic carboxylic acids is 1. The predicted molar refractivity (Wildman–Crippen MR) is 86.9 cm³/mol. The van der Waals surface area contributed by atoms with Crippen LogP contribution in [-0.4, -0.2) is 22.0 Å². The molecule has 0 atom stereocenters. The summed E-state index contributed by atoms with van der Waals surface area (Å²) in [6, 6.07) is 5.63. The summed E-state index contributed by atoms with van der Waals surface area (Å²) >= 11 is 1.11. The van der Waals surface area contributed by atoms with Crippen LogP contribution >= 0.6 is 11.3 Å². The largest absolute Gasteiger partial charge is 0.481 e. The Kier molecular flexibility index (Phi) is 4.79. The lowest BCUT2D eigenvalue weighted by Gasteiger charge is -2.15. The molecule has 0 fully saturated rings. The number of carbonyl (C=O) groups is 2. The number of halogens is 1. The zero-order chi connectivity index (χ0) is 17.2. The molecular formula is C16H17FN2O3S. The fraction of sp³-hybridized carbons (Fsp3) is 0.312. The molecule has 0 aliphatic carbocycles. The van der Waals surface area contributed by atoms with E-state index < -0.39 is 11.4 Å². The number of hydrogen-bond donors (Lipinski definition) is 2. The molecule has 0 saturated carbocycles. The van der Waals surface area contributed by atoms with Crippen LogP contribution in [0.4, 0.5) is 9.52 Å². The maximum atomic E-state index is 13.1. The number of amides is 1. The second kappa shape index (κ2) is 6.45. The molecule has 2 N–H and O–H groups in total. The number of thiazole rings is 1. The zero-order valence-electron chi connectivity index (χ0n) is 13.0. The number of benzene rings is 1. The molecule has 1 aromatic carbocycles. The van der Waals surface area contributed by atoms with Crippen molar-refractivity contribution in [2.45, 2.75) is 27.2 Å². The van der Waals surface area contributed by atoms with Crippen LogP contribution in [0.15, 0.2) is 24.3 Å². The number of carboxylic acid groups (broad SMARTS) is 1. The van der Waals surface area contributed by atoms with Crippen molar-refractivity contribution in [3.8, 4) is 11.3 Å². The van der Waals surface area contributed by atoms with Gasteiger partial charge >= 0.3 is 5.97 Å². The molecule has 0 aliphatic heterocycles. The molecule has 2 rings (SSSR count). The standard InChI is InChI=1S/C16H17FN2O3S/c1-16(2,3)14(22)19-15-18-13(11(23-15)8-12(20)21)9-4-6-10(17)7-5-9/h4-7H,8H2,1-3H3,(H,20,21)(H,18,19,22). The van der Waals surface area contributed by atoms with Gasteiger partial charge < -0.3 is 10.4 Å². The van der Waals surface area contributed by atoms with Gasteiger partial charge in [0.25, 0.3) is 0 Å². The van der Waals surface area contributed by atoms with Gasteiger partial charge in [0.1, 0.15) is 5.82 Å². The van der Waals surface area contributed by atoms with Crippen molar-refractivity contribution < 1.29 is 19.1 Å². The van der Waals surface area contributed by atoms with Crippen LogP contribution in [0.5, 0.6) is 0 Å². The summed E-state index contributed by atoms with van der Waals surface area (Å²) in [5, 5.41) is 12.1. The zero-order valence-corrected chi connectivity index (χ0v) is 13.8. The molecule has 0 aliphatic rings. The fourth-order valence-electron chi connectivity index (χ4n) is 1.78. The Bertz CT molecular complexity index is 733. The minimum absolute atomic E-state index is 0.209. The molecule has 0 bridgehead atoms. The van der Waals surface area contributed by atoms with Crippen molar-refractivity contribution in [2.75, 3.05) is 5.32 Å². The fourth-order valence-corrected chi connectivity index (χ4v) is 2.75. The number of nitrogens with zero attached hydrogens (tertiary/aromatic N) is 1. The molecule has 122 valence electrons. The Morgan fingerprint density at radius 1 is 1.26 bits per heavy atom. The first-order valence-electron chi connectivity index (χ1n) is 6.95.